The van der Waals surface area contributed by atoms with Crippen molar-refractivity contribution in [3.63, 3.8) is 0 Å². The molecule has 1 aliphatic heterocycles. The van der Waals surface area contributed by atoms with Crippen LogP contribution < -0.4 is 4.90 Å². The molecule has 23 heavy (non-hydrogen) atoms. The van der Waals surface area contributed by atoms with Crippen molar-refractivity contribution in [2.24, 2.45) is 0 Å². The molecular weight excluding hydrogens is 294 g/mol. The molecule has 0 saturated carbocycles. The van der Waals surface area contributed by atoms with Crippen LogP contribution in [0.4, 0.5) is 5.69 Å². The first kappa shape index (κ1) is 15.0. The molecule has 0 spiro atoms. The summed E-state index contributed by atoms with van der Waals surface area (Å²) in [5.74, 6) is -1.15. The molecule has 0 saturated heterocycles. The van der Waals surface area contributed by atoms with Crippen molar-refractivity contribution in [2.75, 3.05) is 4.90 Å². The summed E-state index contributed by atoms with van der Waals surface area (Å²) in [6.45, 7) is 3.54. The Morgan fingerprint density at radius 2 is 1.43 bits per heavy atom. The number of rotatable bonds is 3. The van der Waals surface area contributed by atoms with Gasteiger partial charge in [0.25, 0.3) is 11.8 Å². The third kappa shape index (κ3) is 2.61. The van der Waals surface area contributed by atoms with Gasteiger partial charge in [-0.3, -0.25) is 9.59 Å². The Morgan fingerprint density at radius 3 is 1.91 bits per heavy atom. The van der Waals surface area contributed by atoms with Crippen molar-refractivity contribution in [1.82, 2.24) is 0 Å². The summed E-state index contributed by atoms with van der Waals surface area (Å²) in [5.41, 5.74) is 1.58. The summed E-state index contributed by atoms with van der Waals surface area (Å²) in [6, 6.07) is 12.9. The van der Waals surface area contributed by atoms with Gasteiger partial charge in [0, 0.05) is 0 Å². The van der Waals surface area contributed by atoms with E-state index in [-0.39, 0.29) is 17.9 Å². The summed E-state index contributed by atoms with van der Waals surface area (Å²) < 4.78 is 5.11. The Balaban J connectivity index is 1.88. The average Bonchev–Trinajstić information content (AvgIpc) is 2.79. The molecule has 3 rings (SSSR count). The molecule has 2 aromatic rings. The largest absolute Gasteiger partial charge is 0.459 e. The Hall–Kier alpha value is -2.95. The second kappa shape index (κ2) is 5.68. The van der Waals surface area contributed by atoms with E-state index in [1.807, 2.05) is 0 Å². The van der Waals surface area contributed by atoms with Gasteiger partial charge in [-0.2, -0.15) is 0 Å². The van der Waals surface area contributed by atoms with Gasteiger partial charge < -0.3 is 4.74 Å². The highest BCUT2D eigenvalue weighted by Gasteiger charge is 2.36. The van der Waals surface area contributed by atoms with Crippen molar-refractivity contribution < 1.29 is 19.1 Å². The second-order valence-electron chi connectivity index (χ2n) is 5.49. The lowest BCUT2D eigenvalue weighted by molar-refractivity contribution is 0.0377. The Kier molecular flexibility index (Phi) is 3.70. The van der Waals surface area contributed by atoms with Crippen LogP contribution in [0, 0.1) is 0 Å². The highest BCUT2D eigenvalue weighted by Crippen LogP contribution is 2.28. The van der Waals surface area contributed by atoms with E-state index in [1.165, 1.54) is 0 Å². The first-order chi connectivity index (χ1) is 11.0. The normalized spacial score (nSPS) is 13.4. The van der Waals surface area contributed by atoms with Crippen LogP contribution in [0.1, 0.15) is 44.9 Å². The Morgan fingerprint density at radius 1 is 0.913 bits per heavy atom. The molecular formula is C18H15NO4. The SMILES string of the molecule is CC(C)OC(=O)c1ccc(N2C(=O)c3ccccc3C2=O)cc1. The maximum atomic E-state index is 12.4. The molecule has 5 nitrogen and oxygen atoms in total. The Labute approximate surface area is 133 Å². The van der Waals surface area contributed by atoms with Gasteiger partial charge in [-0.1, -0.05) is 12.1 Å². The molecule has 2 aromatic carbocycles. The fourth-order valence-electron chi connectivity index (χ4n) is 2.45. The number of esters is 1. The number of carbonyl (C=O) groups is 3. The maximum absolute atomic E-state index is 12.4. The fraction of sp³-hybridized carbons (Fsp3) is 0.167. The summed E-state index contributed by atoms with van der Waals surface area (Å²) in [4.78, 5) is 37.7. The minimum absolute atomic E-state index is 0.210. The van der Waals surface area contributed by atoms with E-state index in [4.69, 9.17) is 4.74 Å². The first-order valence-corrected chi connectivity index (χ1v) is 7.28. The van der Waals surface area contributed by atoms with E-state index in [0.29, 0.717) is 22.4 Å². The van der Waals surface area contributed by atoms with Gasteiger partial charge in [0.1, 0.15) is 0 Å². The molecule has 5 heteroatoms. The average molecular weight is 309 g/mol. The van der Waals surface area contributed by atoms with E-state index < -0.39 is 5.97 Å². The number of nitrogens with zero attached hydrogens (tertiary/aromatic N) is 1. The van der Waals surface area contributed by atoms with Gasteiger partial charge in [-0.25, -0.2) is 9.69 Å². The van der Waals surface area contributed by atoms with Crippen molar-refractivity contribution in [3.05, 3.63) is 65.2 Å². The molecule has 0 bridgehead atoms. The van der Waals surface area contributed by atoms with Gasteiger partial charge in [-0.05, 0) is 50.2 Å². The zero-order valence-electron chi connectivity index (χ0n) is 12.8. The van der Waals surface area contributed by atoms with Crippen LogP contribution in [-0.2, 0) is 4.74 Å². The molecule has 0 aromatic heterocycles. The van der Waals surface area contributed by atoms with Gasteiger partial charge >= 0.3 is 5.97 Å². The quantitative estimate of drug-likeness (QED) is 0.646. The molecule has 0 atom stereocenters. The number of ether oxygens (including phenoxy) is 1. The number of hydrogen-bond donors (Lipinski definition) is 0. The minimum Gasteiger partial charge on any atom is -0.459 e. The van der Waals surface area contributed by atoms with Crippen molar-refractivity contribution in [1.29, 1.82) is 0 Å². The summed E-state index contributed by atoms with van der Waals surface area (Å²) in [7, 11) is 0. The minimum atomic E-state index is -0.436. The number of fused-ring (bicyclic) bond motifs is 1. The summed E-state index contributed by atoms with van der Waals surface area (Å²) >= 11 is 0. The second-order valence-corrected chi connectivity index (χ2v) is 5.49. The number of benzene rings is 2. The van der Waals surface area contributed by atoms with Crippen LogP contribution in [0.2, 0.25) is 0 Å². The third-order valence-electron chi connectivity index (χ3n) is 3.50. The first-order valence-electron chi connectivity index (χ1n) is 7.28. The van der Waals surface area contributed by atoms with Crippen LogP contribution in [0.3, 0.4) is 0 Å². The van der Waals surface area contributed by atoms with Crippen molar-refractivity contribution >= 4 is 23.5 Å². The molecule has 2 amide bonds. The van der Waals surface area contributed by atoms with Gasteiger partial charge in [0.15, 0.2) is 0 Å². The highest BCUT2D eigenvalue weighted by molar-refractivity contribution is 6.34. The maximum Gasteiger partial charge on any atom is 0.338 e. The molecule has 0 fully saturated rings. The van der Waals surface area contributed by atoms with Crippen LogP contribution in [0.15, 0.2) is 48.5 Å². The number of carbonyl (C=O) groups excluding carboxylic acids is 3. The lowest BCUT2D eigenvalue weighted by atomic mass is 10.1. The van der Waals surface area contributed by atoms with Crippen LogP contribution >= 0.6 is 0 Å². The van der Waals surface area contributed by atoms with Crippen LogP contribution in [-0.4, -0.2) is 23.9 Å². The molecule has 0 radical (unpaired) electrons. The van der Waals surface area contributed by atoms with Gasteiger partial charge in [-0.15, -0.1) is 0 Å². The van der Waals surface area contributed by atoms with Crippen LogP contribution in [0.25, 0.3) is 0 Å². The molecule has 0 N–H and O–H groups in total. The van der Waals surface area contributed by atoms with E-state index in [1.54, 1.807) is 62.4 Å². The van der Waals surface area contributed by atoms with Gasteiger partial charge in [0.2, 0.25) is 0 Å². The summed E-state index contributed by atoms with van der Waals surface area (Å²) in [6.07, 6.45) is -0.210. The van der Waals surface area contributed by atoms with E-state index in [9.17, 15) is 14.4 Å². The molecule has 0 unspecified atom stereocenters. The molecule has 1 heterocycles. The highest BCUT2D eigenvalue weighted by atomic mass is 16.5. The molecule has 1 aliphatic rings. The van der Waals surface area contributed by atoms with E-state index in [2.05, 4.69) is 0 Å². The monoisotopic (exact) mass is 309 g/mol. The Bertz CT molecular complexity index is 758. The zero-order chi connectivity index (χ0) is 16.6. The summed E-state index contributed by atoms with van der Waals surface area (Å²) in [5, 5.41) is 0. The third-order valence-corrected chi connectivity index (χ3v) is 3.50. The smallest absolute Gasteiger partial charge is 0.338 e. The topological polar surface area (TPSA) is 63.7 Å². The van der Waals surface area contributed by atoms with Crippen LogP contribution in [0.5, 0.6) is 0 Å². The zero-order valence-corrected chi connectivity index (χ0v) is 12.8. The van der Waals surface area contributed by atoms with E-state index in [0.717, 1.165) is 4.90 Å². The predicted molar refractivity (Wildman–Crippen MR) is 84.6 cm³/mol. The number of hydrogen-bond acceptors (Lipinski definition) is 4. The van der Waals surface area contributed by atoms with Crippen molar-refractivity contribution in [2.45, 2.75) is 20.0 Å². The number of amides is 2. The lowest BCUT2D eigenvalue weighted by Crippen LogP contribution is -2.29. The lowest BCUT2D eigenvalue weighted by Gasteiger charge is -2.14. The standard InChI is InChI=1S/C18H15NO4/c1-11(2)23-18(22)12-7-9-13(10-8-12)19-16(20)14-5-3-4-6-15(14)17(19)21/h3-11H,1-2H3. The number of imide groups is 1. The number of anilines is 1. The molecule has 116 valence electrons. The van der Waals surface area contributed by atoms with E-state index >= 15 is 0 Å². The van der Waals surface area contributed by atoms with Gasteiger partial charge in [0.05, 0.1) is 28.5 Å². The van der Waals surface area contributed by atoms with Crippen molar-refractivity contribution in [3.8, 4) is 0 Å². The molecule has 0 aliphatic carbocycles. The fourth-order valence-corrected chi connectivity index (χ4v) is 2.45. The predicted octanol–water partition coefficient (Wildman–Crippen LogP) is 3.05.